The van der Waals surface area contributed by atoms with E-state index in [1.54, 1.807) is 24.3 Å². The Balaban J connectivity index is 2.12. The minimum absolute atomic E-state index is 0.00484. The van der Waals surface area contributed by atoms with E-state index in [1.807, 2.05) is 13.8 Å². The third-order valence-corrected chi connectivity index (χ3v) is 3.23. The molecule has 0 saturated carbocycles. The molecule has 1 aromatic heterocycles. The molecule has 1 heterocycles. The molecule has 6 heteroatoms. The molecule has 124 valence electrons. The number of hydrogen-bond acceptors (Lipinski definition) is 4. The molecule has 2 amide bonds. The fourth-order valence-corrected chi connectivity index (χ4v) is 2.03. The van der Waals surface area contributed by atoms with Crippen molar-refractivity contribution in [2.75, 3.05) is 5.32 Å². The second kappa shape index (κ2) is 7.50. The molecular weight excluding hydrogens is 306 g/mol. The largest absolute Gasteiger partial charge is 0.350 e. The number of pyridine rings is 1. The summed E-state index contributed by atoms with van der Waals surface area (Å²) < 4.78 is 0. The number of benzene rings is 1. The van der Waals surface area contributed by atoms with Gasteiger partial charge in [-0.05, 0) is 51.1 Å². The highest BCUT2D eigenvalue weighted by atomic mass is 16.2. The van der Waals surface area contributed by atoms with Crippen LogP contribution in [0.25, 0.3) is 0 Å². The van der Waals surface area contributed by atoms with Crippen LogP contribution in [0.5, 0.6) is 0 Å². The molecule has 2 rings (SSSR count). The highest BCUT2D eigenvalue weighted by molar-refractivity contribution is 6.06. The third kappa shape index (κ3) is 4.49. The Bertz CT molecular complexity index is 767. The SMILES string of the molecule is CC(=O)c1ccc(NC(=O)c2cncc(C(=O)NC(C)C)c2)cc1. The van der Waals surface area contributed by atoms with Crippen molar-refractivity contribution in [2.45, 2.75) is 26.8 Å². The predicted molar refractivity (Wildman–Crippen MR) is 91.2 cm³/mol. The first-order valence-electron chi connectivity index (χ1n) is 7.55. The number of hydrogen-bond donors (Lipinski definition) is 2. The number of nitrogens with one attached hydrogen (secondary N) is 2. The molecule has 0 unspecified atom stereocenters. The van der Waals surface area contributed by atoms with E-state index in [4.69, 9.17) is 0 Å². The number of anilines is 1. The molecule has 24 heavy (non-hydrogen) atoms. The van der Waals surface area contributed by atoms with Crippen LogP contribution in [0, 0.1) is 0 Å². The molecule has 2 N–H and O–H groups in total. The lowest BCUT2D eigenvalue weighted by molar-refractivity contribution is 0.0941. The van der Waals surface area contributed by atoms with Gasteiger partial charge in [-0.2, -0.15) is 0 Å². The summed E-state index contributed by atoms with van der Waals surface area (Å²) in [5.74, 6) is -0.698. The van der Waals surface area contributed by atoms with Gasteiger partial charge < -0.3 is 10.6 Å². The molecule has 0 radical (unpaired) electrons. The monoisotopic (exact) mass is 325 g/mol. The number of ketones is 1. The molecule has 2 aromatic rings. The van der Waals surface area contributed by atoms with Gasteiger partial charge >= 0.3 is 0 Å². The molecule has 0 atom stereocenters. The smallest absolute Gasteiger partial charge is 0.257 e. The summed E-state index contributed by atoms with van der Waals surface area (Å²) in [4.78, 5) is 39.4. The van der Waals surface area contributed by atoms with E-state index in [0.717, 1.165) is 0 Å². The number of Topliss-reactive ketones (excluding diaryl/α,β-unsaturated/α-hetero) is 1. The van der Waals surface area contributed by atoms with Gasteiger partial charge in [-0.25, -0.2) is 0 Å². The van der Waals surface area contributed by atoms with E-state index >= 15 is 0 Å². The second-order valence-electron chi connectivity index (χ2n) is 5.68. The molecule has 1 aromatic carbocycles. The van der Waals surface area contributed by atoms with Crippen LogP contribution in [0.2, 0.25) is 0 Å². The van der Waals surface area contributed by atoms with Crippen LogP contribution in [0.4, 0.5) is 5.69 Å². The van der Waals surface area contributed by atoms with Crippen LogP contribution >= 0.6 is 0 Å². The van der Waals surface area contributed by atoms with Crippen LogP contribution < -0.4 is 10.6 Å². The van der Waals surface area contributed by atoms with Gasteiger partial charge in [0.15, 0.2) is 5.78 Å². The minimum Gasteiger partial charge on any atom is -0.350 e. The van der Waals surface area contributed by atoms with Crippen molar-refractivity contribution in [3.05, 3.63) is 59.4 Å². The minimum atomic E-state index is -0.378. The fourth-order valence-electron chi connectivity index (χ4n) is 2.03. The maximum atomic E-state index is 12.3. The van der Waals surface area contributed by atoms with Crippen LogP contribution in [0.15, 0.2) is 42.7 Å². The third-order valence-electron chi connectivity index (χ3n) is 3.23. The van der Waals surface area contributed by atoms with E-state index < -0.39 is 0 Å². The van der Waals surface area contributed by atoms with Gasteiger partial charge in [0.1, 0.15) is 0 Å². The first-order chi connectivity index (χ1) is 11.4. The number of aromatic nitrogens is 1. The van der Waals surface area contributed by atoms with Crippen LogP contribution in [-0.2, 0) is 0 Å². The van der Waals surface area contributed by atoms with Gasteiger partial charge in [-0.1, -0.05) is 0 Å². The molecule has 0 aliphatic rings. The molecule has 0 fully saturated rings. The summed E-state index contributed by atoms with van der Waals surface area (Å²) >= 11 is 0. The van der Waals surface area contributed by atoms with Crippen molar-refractivity contribution >= 4 is 23.3 Å². The van der Waals surface area contributed by atoms with Gasteiger partial charge in [0.05, 0.1) is 11.1 Å². The van der Waals surface area contributed by atoms with Gasteiger partial charge in [-0.15, -0.1) is 0 Å². The molecule has 0 aliphatic carbocycles. The zero-order valence-corrected chi connectivity index (χ0v) is 13.8. The number of carbonyl (C=O) groups excluding carboxylic acids is 3. The van der Waals surface area contributed by atoms with Gasteiger partial charge in [0, 0.05) is 29.7 Å². The van der Waals surface area contributed by atoms with Crippen LogP contribution in [0.3, 0.4) is 0 Å². The van der Waals surface area contributed by atoms with Crippen LogP contribution in [-0.4, -0.2) is 28.6 Å². The lowest BCUT2D eigenvalue weighted by Gasteiger charge is -2.09. The Morgan fingerprint density at radius 3 is 2.04 bits per heavy atom. The Morgan fingerprint density at radius 2 is 1.50 bits per heavy atom. The zero-order chi connectivity index (χ0) is 17.7. The summed E-state index contributed by atoms with van der Waals surface area (Å²) in [7, 11) is 0. The molecule has 6 nitrogen and oxygen atoms in total. The van der Waals surface area contributed by atoms with Gasteiger partial charge in [0.25, 0.3) is 11.8 Å². The lowest BCUT2D eigenvalue weighted by Crippen LogP contribution is -2.30. The number of carbonyl (C=O) groups is 3. The van der Waals surface area contributed by atoms with Crippen molar-refractivity contribution in [1.29, 1.82) is 0 Å². The lowest BCUT2D eigenvalue weighted by atomic mass is 10.1. The Kier molecular flexibility index (Phi) is 5.42. The Hall–Kier alpha value is -3.02. The normalized spacial score (nSPS) is 10.3. The highest BCUT2D eigenvalue weighted by Crippen LogP contribution is 2.12. The van der Waals surface area contributed by atoms with Gasteiger partial charge in [-0.3, -0.25) is 19.4 Å². The Morgan fingerprint density at radius 1 is 0.917 bits per heavy atom. The van der Waals surface area contributed by atoms with E-state index in [2.05, 4.69) is 15.6 Å². The zero-order valence-electron chi connectivity index (χ0n) is 13.8. The molecule has 0 bridgehead atoms. The fraction of sp³-hybridized carbons (Fsp3) is 0.222. The first kappa shape index (κ1) is 17.3. The highest BCUT2D eigenvalue weighted by Gasteiger charge is 2.12. The van der Waals surface area contributed by atoms with Crippen LogP contribution in [0.1, 0.15) is 51.8 Å². The summed E-state index contributed by atoms with van der Waals surface area (Å²) in [5.41, 5.74) is 1.73. The first-order valence-corrected chi connectivity index (χ1v) is 7.55. The maximum Gasteiger partial charge on any atom is 0.257 e. The van der Waals surface area contributed by atoms with Gasteiger partial charge in [0.2, 0.25) is 0 Å². The summed E-state index contributed by atoms with van der Waals surface area (Å²) in [6, 6.07) is 8.07. The average Bonchev–Trinajstić information content (AvgIpc) is 2.54. The van der Waals surface area contributed by atoms with Crippen molar-refractivity contribution < 1.29 is 14.4 Å². The van der Waals surface area contributed by atoms with E-state index in [9.17, 15) is 14.4 Å². The van der Waals surface area contributed by atoms with E-state index in [0.29, 0.717) is 16.8 Å². The number of rotatable bonds is 5. The Labute approximate surface area is 140 Å². The topological polar surface area (TPSA) is 88.2 Å². The van der Waals surface area contributed by atoms with Crippen molar-refractivity contribution in [3.8, 4) is 0 Å². The molecule has 0 aliphatic heterocycles. The average molecular weight is 325 g/mol. The van der Waals surface area contributed by atoms with E-state index in [1.165, 1.54) is 25.4 Å². The summed E-state index contributed by atoms with van der Waals surface area (Å²) in [6.45, 7) is 5.19. The quantitative estimate of drug-likeness (QED) is 0.827. The predicted octanol–water partition coefficient (Wildman–Crippen LogP) is 2.67. The summed E-state index contributed by atoms with van der Waals surface area (Å²) in [5, 5.41) is 5.46. The number of nitrogens with zero attached hydrogens (tertiary/aromatic N) is 1. The van der Waals surface area contributed by atoms with E-state index in [-0.39, 0.29) is 29.2 Å². The maximum absolute atomic E-state index is 12.3. The van der Waals surface area contributed by atoms with Crippen molar-refractivity contribution in [2.24, 2.45) is 0 Å². The number of amides is 2. The molecular formula is C18H19N3O3. The summed E-state index contributed by atoms with van der Waals surface area (Å²) in [6.07, 6.45) is 2.81. The van der Waals surface area contributed by atoms with Crippen molar-refractivity contribution in [3.63, 3.8) is 0 Å². The van der Waals surface area contributed by atoms with Crippen molar-refractivity contribution in [1.82, 2.24) is 10.3 Å². The molecule has 0 spiro atoms. The molecule has 0 saturated heterocycles. The standard InChI is InChI=1S/C18H19N3O3/c1-11(2)20-17(23)14-8-15(10-19-9-14)18(24)21-16-6-4-13(5-7-16)12(3)22/h4-11H,1-3H3,(H,20,23)(H,21,24). The second-order valence-corrected chi connectivity index (χ2v) is 5.68.